The largest absolute Gasteiger partial charge is 0.463 e. The number of benzene rings is 1. The first kappa shape index (κ1) is 17.8. The Morgan fingerprint density at radius 2 is 1.86 bits per heavy atom. The smallest absolute Gasteiger partial charge is 0.330 e. The van der Waals surface area contributed by atoms with Crippen molar-refractivity contribution in [3.8, 4) is 0 Å². The first-order valence-corrected chi connectivity index (χ1v) is 8.38. The molecule has 1 rings (SSSR count). The Hall–Kier alpha value is -1.22. The van der Waals surface area contributed by atoms with Gasteiger partial charge in [0.15, 0.2) is 0 Å². The maximum absolute atomic E-state index is 10.9. The maximum Gasteiger partial charge on any atom is 0.330 e. The molecule has 0 unspecified atom stereocenters. The fraction of sp³-hybridized carbons (Fsp3) is 0.500. The minimum absolute atomic E-state index is 0.261. The highest BCUT2D eigenvalue weighted by atomic mass is 32.2. The Balaban J connectivity index is 2.11. The summed E-state index contributed by atoms with van der Waals surface area (Å²) in [6, 6.07) is 10.6. The molecular formula is C18H26O2S. The molecule has 1 aromatic carbocycles. The zero-order chi connectivity index (χ0) is 15.6. The second kappa shape index (κ2) is 9.67. The molecule has 0 fully saturated rings. The fourth-order valence-corrected chi connectivity index (χ4v) is 3.27. The average Bonchev–Trinajstić information content (AvgIpc) is 2.46. The molecule has 3 heteroatoms. The summed E-state index contributed by atoms with van der Waals surface area (Å²) in [4.78, 5) is 12.2. The molecule has 0 aromatic heterocycles. The summed E-state index contributed by atoms with van der Waals surface area (Å²) in [5.41, 5.74) is 0. The zero-order valence-corrected chi connectivity index (χ0v) is 14.0. The van der Waals surface area contributed by atoms with Crippen molar-refractivity contribution in [3.05, 3.63) is 43.0 Å². The molecule has 0 heterocycles. The van der Waals surface area contributed by atoms with Gasteiger partial charge in [-0.1, -0.05) is 57.9 Å². The first-order chi connectivity index (χ1) is 10.0. The lowest BCUT2D eigenvalue weighted by Crippen LogP contribution is -2.14. The average molecular weight is 306 g/mol. The van der Waals surface area contributed by atoms with E-state index in [4.69, 9.17) is 4.74 Å². The van der Waals surface area contributed by atoms with E-state index in [9.17, 15) is 4.79 Å². The monoisotopic (exact) mass is 306 g/mol. The van der Waals surface area contributed by atoms with Crippen LogP contribution in [0.4, 0.5) is 0 Å². The molecule has 0 spiro atoms. The second-order valence-corrected chi connectivity index (χ2v) is 7.49. The van der Waals surface area contributed by atoms with Crippen molar-refractivity contribution in [3.63, 3.8) is 0 Å². The van der Waals surface area contributed by atoms with Crippen molar-refractivity contribution in [2.75, 3.05) is 6.61 Å². The highest BCUT2D eigenvalue weighted by molar-refractivity contribution is 8.00. The van der Waals surface area contributed by atoms with Gasteiger partial charge in [0.05, 0.1) is 6.61 Å². The number of thioether (sulfide) groups is 1. The third-order valence-electron chi connectivity index (χ3n) is 3.22. The van der Waals surface area contributed by atoms with Gasteiger partial charge >= 0.3 is 5.97 Å². The zero-order valence-electron chi connectivity index (χ0n) is 13.1. The highest BCUT2D eigenvalue weighted by Crippen LogP contribution is 2.36. The van der Waals surface area contributed by atoms with E-state index >= 15 is 0 Å². The lowest BCUT2D eigenvalue weighted by molar-refractivity contribution is -0.137. The molecule has 0 aliphatic carbocycles. The predicted molar refractivity (Wildman–Crippen MR) is 90.6 cm³/mol. The topological polar surface area (TPSA) is 26.3 Å². The number of ether oxygens (including phenoxy) is 1. The van der Waals surface area contributed by atoms with Gasteiger partial charge in [-0.05, 0) is 25.0 Å². The van der Waals surface area contributed by atoms with Crippen LogP contribution in [0.15, 0.2) is 47.9 Å². The van der Waals surface area contributed by atoms with Crippen molar-refractivity contribution >= 4 is 17.7 Å². The molecule has 0 bridgehead atoms. The van der Waals surface area contributed by atoms with Crippen LogP contribution in [0.5, 0.6) is 0 Å². The van der Waals surface area contributed by atoms with Crippen LogP contribution < -0.4 is 0 Å². The lowest BCUT2D eigenvalue weighted by atomic mass is 10.0. The van der Waals surface area contributed by atoms with Crippen molar-refractivity contribution in [1.29, 1.82) is 0 Å². The lowest BCUT2D eigenvalue weighted by Gasteiger charge is -2.24. The van der Waals surface area contributed by atoms with Gasteiger partial charge in [-0.25, -0.2) is 4.79 Å². The van der Waals surface area contributed by atoms with Crippen LogP contribution in [-0.4, -0.2) is 17.3 Å². The standard InChI is InChI=1S/C18H26O2S/c1-4-17(19)20-15-11-6-5-10-14-18(2,3)21-16-12-8-7-9-13-16/h4,7-9,12-13H,1,5-6,10-11,14-15H2,2-3H3. The predicted octanol–water partition coefficient (Wildman–Crippen LogP) is 5.24. The first-order valence-electron chi connectivity index (χ1n) is 7.57. The molecular weight excluding hydrogens is 280 g/mol. The van der Waals surface area contributed by atoms with Crippen LogP contribution >= 0.6 is 11.8 Å². The van der Waals surface area contributed by atoms with Crippen molar-refractivity contribution < 1.29 is 9.53 Å². The Kier molecular flexibility index (Phi) is 8.21. The van der Waals surface area contributed by atoms with E-state index in [0.29, 0.717) is 6.61 Å². The molecule has 0 radical (unpaired) electrons. The van der Waals surface area contributed by atoms with E-state index in [1.54, 1.807) is 0 Å². The number of hydrogen-bond acceptors (Lipinski definition) is 3. The van der Waals surface area contributed by atoms with Crippen LogP contribution in [0.2, 0.25) is 0 Å². The molecule has 0 atom stereocenters. The van der Waals surface area contributed by atoms with E-state index < -0.39 is 0 Å². The third kappa shape index (κ3) is 8.61. The van der Waals surface area contributed by atoms with Gasteiger partial charge in [0, 0.05) is 15.7 Å². The molecule has 0 saturated heterocycles. The SMILES string of the molecule is C=CC(=O)OCCCCCCC(C)(C)Sc1ccccc1. The molecule has 0 aliphatic heterocycles. The van der Waals surface area contributed by atoms with Gasteiger partial charge < -0.3 is 4.74 Å². The molecule has 0 amide bonds. The Morgan fingerprint density at radius 3 is 2.52 bits per heavy atom. The van der Waals surface area contributed by atoms with Crippen LogP contribution in [0.1, 0.15) is 46.0 Å². The second-order valence-electron chi connectivity index (χ2n) is 5.71. The van der Waals surface area contributed by atoms with Gasteiger partial charge in [-0.15, -0.1) is 11.8 Å². The Labute approximate surface area is 133 Å². The van der Waals surface area contributed by atoms with Gasteiger partial charge in [-0.2, -0.15) is 0 Å². The normalized spacial score (nSPS) is 11.1. The van der Waals surface area contributed by atoms with E-state index in [1.165, 1.54) is 30.2 Å². The number of carbonyl (C=O) groups excluding carboxylic acids is 1. The van der Waals surface area contributed by atoms with Crippen molar-refractivity contribution in [1.82, 2.24) is 0 Å². The van der Waals surface area contributed by atoms with E-state index in [-0.39, 0.29) is 10.7 Å². The van der Waals surface area contributed by atoms with Gasteiger partial charge in [0.1, 0.15) is 0 Å². The molecule has 0 aliphatic rings. The van der Waals surface area contributed by atoms with Crippen LogP contribution in [0.25, 0.3) is 0 Å². The molecule has 1 aromatic rings. The summed E-state index contributed by atoms with van der Waals surface area (Å²) in [6.45, 7) is 8.48. The maximum atomic E-state index is 10.9. The van der Waals surface area contributed by atoms with Crippen LogP contribution in [0, 0.1) is 0 Å². The Morgan fingerprint density at radius 1 is 1.19 bits per heavy atom. The molecule has 0 N–H and O–H groups in total. The van der Waals surface area contributed by atoms with E-state index in [0.717, 1.165) is 12.8 Å². The number of carbonyl (C=O) groups is 1. The summed E-state index contributed by atoms with van der Waals surface area (Å²) >= 11 is 1.94. The quantitative estimate of drug-likeness (QED) is 0.256. The summed E-state index contributed by atoms with van der Waals surface area (Å²) in [6.07, 6.45) is 6.84. The van der Waals surface area contributed by atoms with Gasteiger partial charge in [0.25, 0.3) is 0 Å². The molecule has 21 heavy (non-hydrogen) atoms. The molecule has 0 saturated carbocycles. The summed E-state index contributed by atoms with van der Waals surface area (Å²) in [7, 11) is 0. The number of hydrogen-bond donors (Lipinski definition) is 0. The molecule has 2 nitrogen and oxygen atoms in total. The number of esters is 1. The number of unbranched alkanes of at least 4 members (excludes halogenated alkanes) is 3. The van der Waals surface area contributed by atoms with Crippen LogP contribution in [0.3, 0.4) is 0 Å². The summed E-state index contributed by atoms with van der Waals surface area (Å²) < 4.78 is 5.22. The van der Waals surface area contributed by atoms with E-state index in [1.807, 2.05) is 11.8 Å². The molecule has 116 valence electrons. The van der Waals surface area contributed by atoms with Crippen LogP contribution in [-0.2, 0) is 9.53 Å². The van der Waals surface area contributed by atoms with Crippen molar-refractivity contribution in [2.24, 2.45) is 0 Å². The third-order valence-corrected chi connectivity index (χ3v) is 4.49. The summed E-state index contributed by atoms with van der Waals surface area (Å²) in [5, 5.41) is 0. The number of rotatable bonds is 10. The minimum atomic E-state index is -0.324. The Bertz CT molecular complexity index is 426. The van der Waals surface area contributed by atoms with E-state index in [2.05, 4.69) is 50.8 Å². The van der Waals surface area contributed by atoms with Crippen molar-refractivity contribution in [2.45, 2.75) is 55.6 Å². The fourth-order valence-electron chi connectivity index (χ4n) is 2.10. The summed E-state index contributed by atoms with van der Waals surface area (Å²) in [5.74, 6) is -0.324. The highest BCUT2D eigenvalue weighted by Gasteiger charge is 2.18. The van der Waals surface area contributed by atoms with Gasteiger partial charge in [0.2, 0.25) is 0 Å². The minimum Gasteiger partial charge on any atom is -0.463 e. The van der Waals surface area contributed by atoms with Gasteiger partial charge in [-0.3, -0.25) is 0 Å².